The summed E-state index contributed by atoms with van der Waals surface area (Å²) >= 11 is 3.47. The van der Waals surface area contributed by atoms with Crippen LogP contribution in [0.2, 0.25) is 0 Å². The summed E-state index contributed by atoms with van der Waals surface area (Å²) < 4.78 is 6.50. The van der Waals surface area contributed by atoms with Gasteiger partial charge in [-0.3, -0.25) is 4.79 Å². The van der Waals surface area contributed by atoms with Crippen LogP contribution in [0, 0.1) is 6.92 Å². The third-order valence-electron chi connectivity index (χ3n) is 2.95. The molecule has 3 heteroatoms. The van der Waals surface area contributed by atoms with E-state index in [0.29, 0.717) is 12.2 Å². The van der Waals surface area contributed by atoms with Crippen LogP contribution in [0.3, 0.4) is 0 Å². The lowest BCUT2D eigenvalue weighted by Crippen LogP contribution is -1.95. The number of rotatable bonds is 4. The molecule has 98 valence electrons. The van der Waals surface area contributed by atoms with Gasteiger partial charge in [0.1, 0.15) is 5.75 Å². The van der Waals surface area contributed by atoms with Crippen molar-refractivity contribution in [2.24, 2.45) is 0 Å². The van der Waals surface area contributed by atoms with Gasteiger partial charge in [0.15, 0.2) is 6.29 Å². The summed E-state index contributed by atoms with van der Waals surface area (Å²) in [5.41, 5.74) is 3.74. The van der Waals surface area contributed by atoms with Crippen molar-refractivity contribution in [2.75, 3.05) is 6.61 Å². The molecule has 0 unspecified atom stereocenters. The van der Waals surface area contributed by atoms with Crippen molar-refractivity contribution in [3.05, 3.63) is 52.0 Å². The van der Waals surface area contributed by atoms with Crippen LogP contribution in [0.25, 0.3) is 11.1 Å². The first kappa shape index (κ1) is 13.8. The molecule has 0 atom stereocenters. The first-order valence-corrected chi connectivity index (χ1v) is 6.93. The zero-order valence-electron chi connectivity index (χ0n) is 10.9. The number of aryl methyl sites for hydroxylation is 1. The quantitative estimate of drug-likeness (QED) is 0.768. The first-order chi connectivity index (χ1) is 9.15. The second-order valence-corrected chi connectivity index (χ2v) is 5.17. The van der Waals surface area contributed by atoms with Crippen LogP contribution in [-0.2, 0) is 0 Å². The van der Waals surface area contributed by atoms with Crippen molar-refractivity contribution in [3.8, 4) is 16.9 Å². The number of halogens is 1. The molecule has 19 heavy (non-hydrogen) atoms. The van der Waals surface area contributed by atoms with Crippen LogP contribution in [0.5, 0.6) is 5.75 Å². The van der Waals surface area contributed by atoms with Crippen LogP contribution in [-0.4, -0.2) is 12.9 Å². The Labute approximate surface area is 121 Å². The number of benzene rings is 2. The van der Waals surface area contributed by atoms with E-state index in [-0.39, 0.29) is 0 Å². The molecule has 0 saturated heterocycles. The van der Waals surface area contributed by atoms with Gasteiger partial charge in [-0.2, -0.15) is 0 Å². The van der Waals surface area contributed by atoms with Crippen molar-refractivity contribution in [3.63, 3.8) is 0 Å². The fourth-order valence-corrected chi connectivity index (χ4v) is 2.37. The number of carbonyl (C=O) groups excluding carboxylic acids is 1. The van der Waals surface area contributed by atoms with Gasteiger partial charge in [0.25, 0.3) is 0 Å². The molecule has 2 nitrogen and oxygen atoms in total. The zero-order chi connectivity index (χ0) is 13.8. The third-order valence-corrected chi connectivity index (χ3v) is 3.45. The maximum Gasteiger partial charge on any atom is 0.150 e. The number of ether oxygens (including phenoxy) is 1. The van der Waals surface area contributed by atoms with Crippen LogP contribution >= 0.6 is 15.9 Å². The normalized spacial score (nSPS) is 10.3. The Morgan fingerprint density at radius 1 is 1.16 bits per heavy atom. The minimum atomic E-state index is 0.608. The lowest BCUT2D eigenvalue weighted by Gasteiger charge is -2.12. The van der Waals surface area contributed by atoms with Crippen LogP contribution in [0.15, 0.2) is 40.9 Å². The standard InChI is InChI=1S/C16H15BrO2/c1-3-19-14-7-5-12(10-18)16(9-14)15-8-13(17)6-4-11(15)2/h4-10H,3H2,1-2H3. The molecule has 0 radical (unpaired) electrons. The molecule has 2 aromatic carbocycles. The molecule has 0 aliphatic carbocycles. The zero-order valence-corrected chi connectivity index (χ0v) is 12.5. The highest BCUT2D eigenvalue weighted by molar-refractivity contribution is 9.10. The van der Waals surface area contributed by atoms with E-state index in [1.807, 2.05) is 44.2 Å². The van der Waals surface area contributed by atoms with Gasteiger partial charge in [-0.05, 0) is 60.9 Å². The van der Waals surface area contributed by atoms with Crippen molar-refractivity contribution >= 4 is 22.2 Å². The van der Waals surface area contributed by atoms with Crippen molar-refractivity contribution < 1.29 is 9.53 Å². The summed E-state index contributed by atoms with van der Waals surface area (Å²) in [6.07, 6.45) is 0.880. The average Bonchev–Trinajstić information content (AvgIpc) is 2.42. The van der Waals surface area contributed by atoms with Gasteiger partial charge >= 0.3 is 0 Å². The average molecular weight is 319 g/mol. The van der Waals surface area contributed by atoms with E-state index in [1.54, 1.807) is 6.07 Å². The van der Waals surface area contributed by atoms with Gasteiger partial charge in [-0.25, -0.2) is 0 Å². The minimum absolute atomic E-state index is 0.608. The molecule has 2 aromatic rings. The molecule has 0 aromatic heterocycles. The Kier molecular flexibility index (Phi) is 4.38. The molecule has 0 bridgehead atoms. The monoisotopic (exact) mass is 318 g/mol. The van der Waals surface area contributed by atoms with Crippen LogP contribution in [0.1, 0.15) is 22.8 Å². The fourth-order valence-electron chi connectivity index (χ4n) is 2.01. The molecule has 0 heterocycles. The van der Waals surface area contributed by atoms with E-state index in [4.69, 9.17) is 4.74 Å². The summed E-state index contributed by atoms with van der Waals surface area (Å²) in [5.74, 6) is 0.780. The summed E-state index contributed by atoms with van der Waals surface area (Å²) in [7, 11) is 0. The topological polar surface area (TPSA) is 26.3 Å². The van der Waals surface area contributed by atoms with Crippen LogP contribution < -0.4 is 4.74 Å². The molecule has 0 aliphatic rings. The molecule has 0 amide bonds. The highest BCUT2D eigenvalue weighted by Gasteiger charge is 2.09. The molecule has 0 spiro atoms. The second kappa shape index (κ2) is 6.02. The molecular formula is C16H15BrO2. The summed E-state index contributed by atoms with van der Waals surface area (Å²) in [6, 6.07) is 11.6. The lowest BCUT2D eigenvalue weighted by molar-refractivity contribution is 0.112. The number of hydrogen-bond acceptors (Lipinski definition) is 2. The third kappa shape index (κ3) is 3.04. The van der Waals surface area contributed by atoms with Crippen LogP contribution in [0.4, 0.5) is 0 Å². The van der Waals surface area contributed by atoms with Crippen molar-refractivity contribution in [2.45, 2.75) is 13.8 Å². The van der Waals surface area contributed by atoms with Gasteiger partial charge in [0, 0.05) is 10.0 Å². The van der Waals surface area contributed by atoms with E-state index >= 15 is 0 Å². The second-order valence-electron chi connectivity index (χ2n) is 4.26. The van der Waals surface area contributed by atoms with Crippen molar-refractivity contribution in [1.29, 1.82) is 0 Å². The molecule has 2 rings (SSSR count). The molecular weight excluding hydrogens is 304 g/mol. The lowest BCUT2D eigenvalue weighted by atomic mass is 9.96. The van der Waals surface area contributed by atoms with E-state index in [1.165, 1.54) is 0 Å². The fraction of sp³-hybridized carbons (Fsp3) is 0.188. The maximum atomic E-state index is 11.2. The maximum absolute atomic E-state index is 11.2. The molecule has 0 N–H and O–H groups in total. The Morgan fingerprint density at radius 2 is 1.95 bits per heavy atom. The number of aldehydes is 1. The van der Waals surface area contributed by atoms with Gasteiger partial charge in [-0.15, -0.1) is 0 Å². The molecule has 0 saturated carbocycles. The smallest absolute Gasteiger partial charge is 0.150 e. The number of carbonyl (C=O) groups is 1. The number of hydrogen-bond donors (Lipinski definition) is 0. The van der Waals surface area contributed by atoms with E-state index in [2.05, 4.69) is 15.9 Å². The van der Waals surface area contributed by atoms with E-state index < -0.39 is 0 Å². The van der Waals surface area contributed by atoms with Gasteiger partial charge in [0.2, 0.25) is 0 Å². The summed E-state index contributed by atoms with van der Waals surface area (Å²) in [6.45, 7) is 4.58. The summed E-state index contributed by atoms with van der Waals surface area (Å²) in [4.78, 5) is 11.2. The predicted octanol–water partition coefficient (Wildman–Crippen LogP) is 4.64. The van der Waals surface area contributed by atoms with E-state index in [0.717, 1.165) is 33.2 Å². The Balaban J connectivity index is 2.61. The Morgan fingerprint density at radius 3 is 2.63 bits per heavy atom. The first-order valence-electron chi connectivity index (χ1n) is 6.14. The molecule has 0 fully saturated rings. The van der Waals surface area contributed by atoms with Crippen molar-refractivity contribution in [1.82, 2.24) is 0 Å². The van der Waals surface area contributed by atoms with Gasteiger partial charge in [-0.1, -0.05) is 22.0 Å². The summed E-state index contributed by atoms with van der Waals surface area (Å²) in [5, 5.41) is 0. The minimum Gasteiger partial charge on any atom is -0.494 e. The largest absolute Gasteiger partial charge is 0.494 e. The highest BCUT2D eigenvalue weighted by atomic mass is 79.9. The Bertz CT molecular complexity index is 606. The van der Waals surface area contributed by atoms with Gasteiger partial charge < -0.3 is 4.74 Å². The Hall–Kier alpha value is -1.61. The SMILES string of the molecule is CCOc1ccc(C=O)c(-c2cc(Br)ccc2C)c1. The highest BCUT2D eigenvalue weighted by Crippen LogP contribution is 2.31. The predicted molar refractivity (Wildman–Crippen MR) is 80.9 cm³/mol. The molecule has 0 aliphatic heterocycles. The van der Waals surface area contributed by atoms with Gasteiger partial charge in [0.05, 0.1) is 6.61 Å². The van der Waals surface area contributed by atoms with E-state index in [9.17, 15) is 4.79 Å².